The molecule has 0 spiro atoms. The number of hydrogen-bond donors (Lipinski definition) is 1. The largest absolute Gasteiger partial charge is 0.378 e. The van der Waals surface area contributed by atoms with Crippen molar-refractivity contribution in [2.75, 3.05) is 19.8 Å². The smallest absolute Gasteiger partial charge is 0.0755 e. The molecule has 2 aromatic rings. The second-order valence-electron chi connectivity index (χ2n) is 4.43. The van der Waals surface area contributed by atoms with E-state index in [2.05, 4.69) is 32.2 Å². The lowest BCUT2D eigenvalue weighted by atomic mass is 10.1. The van der Waals surface area contributed by atoms with Crippen molar-refractivity contribution in [1.82, 2.24) is 20.1 Å². The number of rotatable bonds is 3. The maximum absolute atomic E-state index is 5.57. The first-order valence-corrected chi connectivity index (χ1v) is 6.13. The number of morpholine rings is 1. The number of aromatic amines is 1. The molecule has 0 amide bonds. The third-order valence-electron chi connectivity index (χ3n) is 3.26. The van der Waals surface area contributed by atoms with Crippen molar-refractivity contribution in [1.29, 1.82) is 0 Å². The minimum absolute atomic E-state index is 0.259. The van der Waals surface area contributed by atoms with E-state index in [1.807, 2.05) is 18.5 Å². The molecule has 0 bridgehead atoms. The molecule has 94 valence electrons. The van der Waals surface area contributed by atoms with Gasteiger partial charge in [-0.05, 0) is 23.8 Å². The van der Waals surface area contributed by atoms with E-state index >= 15 is 0 Å². The van der Waals surface area contributed by atoms with E-state index in [4.69, 9.17) is 4.74 Å². The minimum Gasteiger partial charge on any atom is -0.378 e. The summed E-state index contributed by atoms with van der Waals surface area (Å²) in [5, 5.41) is 7.06. The van der Waals surface area contributed by atoms with E-state index < -0.39 is 0 Å². The Labute approximate surface area is 106 Å². The van der Waals surface area contributed by atoms with Crippen LogP contribution in [0.15, 0.2) is 36.8 Å². The summed E-state index contributed by atoms with van der Waals surface area (Å²) in [6.07, 6.45) is 5.45. The van der Waals surface area contributed by atoms with Crippen LogP contribution >= 0.6 is 0 Å². The molecular weight excluding hydrogens is 228 g/mol. The highest BCUT2D eigenvalue weighted by atomic mass is 16.5. The zero-order valence-electron chi connectivity index (χ0n) is 10.1. The highest BCUT2D eigenvalue weighted by molar-refractivity contribution is 5.12. The van der Waals surface area contributed by atoms with Gasteiger partial charge in [0.25, 0.3) is 0 Å². The van der Waals surface area contributed by atoms with Gasteiger partial charge in [-0.3, -0.25) is 15.0 Å². The highest BCUT2D eigenvalue weighted by Crippen LogP contribution is 2.23. The van der Waals surface area contributed by atoms with Gasteiger partial charge in [0.1, 0.15) is 0 Å². The van der Waals surface area contributed by atoms with Crippen LogP contribution < -0.4 is 0 Å². The van der Waals surface area contributed by atoms with Crippen molar-refractivity contribution in [3.63, 3.8) is 0 Å². The maximum Gasteiger partial charge on any atom is 0.0755 e. The average molecular weight is 244 g/mol. The number of aromatic nitrogens is 3. The van der Waals surface area contributed by atoms with Gasteiger partial charge in [-0.15, -0.1) is 0 Å². The summed E-state index contributed by atoms with van der Waals surface area (Å²) < 4.78 is 5.57. The predicted molar refractivity (Wildman–Crippen MR) is 66.8 cm³/mol. The van der Waals surface area contributed by atoms with Crippen LogP contribution in [0, 0.1) is 0 Å². The first kappa shape index (κ1) is 11.4. The fourth-order valence-corrected chi connectivity index (χ4v) is 2.29. The molecule has 0 radical (unpaired) electrons. The lowest BCUT2D eigenvalue weighted by molar-refractivity contribution is -0.0142. The average Bonchev–Trinajstić information content (AvgIpc) is 2.94. The van der Waals surface area contributed by atoms with Crippen molar-refractivity contribution in [2.24, 2.45) is 0 Å². The van der Waals surface area contributed by atoms with Gasteiger partial charge in [0.05, 0.1) is 24.9 Å². The molecule has 2 aromatic heterocycles. The summed E-state index contributed by atoms with van der Waals surface area (Å²) in [6, 6.07) is 6.38. The van der Waals surface area contributed by atoms with Gasteiger partial charge in [-0.25, -0.2) is 0 Å². The summed E-state index contributed by atoms with van der Waals surface area (Å²) in [5.74, 6) is 0. The number of ether oxygens (including phenoxy) is 1. The van der Waals surface area contributed by atoms with Gasteiger partial charge in [0.15, 0.2) is 0 Å². The monoisotopic (exact) mass is 244 g/mol. The van der Waals surface area contributed by atoms with Crippen LogP contribution in [-0.2, 0) is 11.3 Å². The number of pyridine rings is 1. The maximum atomic E-state index is 5.57. The molecule has 1 aliphatic heterocycles. The molecule has 1 aliphatic rings. The molecule has 0 unspecified atom stereocenters. The molecular formula is C13H16N4O. The summed E-state index contributed by atoms with van der Waals surface area (Å²) in [5.41, 5.74) is 2.39. The van der Waals surface area contributed by atoms with E-state index in [1.54, 1.807) is 6.20 Å². The van der Waals surface area contributed by atoms with Crippen molar-refractivity contribution >= 4 is 0 Å². The second-order valence-corrected chi connectivity index (χ2v) is 4.43. The highest BCUT2D eigenvalue weighted by Gasteiger charge is 2.25. The van der Waals surface area contributed by atoms with Crippen LogP contribution in [-0.4, -0.2) is 39.8 Å². The fraction of sp³-hybridized carbons (Fsp3) is 0.385. The number of H-pyrrole nitrogens is 1. The van der Waals surface area contributed by atoms with Crippen LogP contribution in [0.2, 0.25) is 0 Å². The molecule has 0 saturated carbocycles. The Morgan fingerprint density at radius 1 is 1.28 bits per heavy atom. The molecule has 1 N–H and O–H groups in total. The Bertz CT molecular complexity index is 471. The van der Waals surface area contributed by atoms with Crippen molar-refractivity contribution < 1.29 is 4.74 Å². The van der Waals surface area contributed by atoms with E-state index in [0.29, 0.717) is 6.61 Å². The van der Waals surface area contributed by atoms with Gasteiger partial charge in [0, 0.05) is 31.7 Å². The molecule has 18 heavy (non-hydrogen) atoms. The lowest BCUT2D eigenvalue weighted by Gasteiger charge is -2.34. The number of hydrogen-bond acceptors (Lipinski definition) is 4. The number of nitrogens with zero attached hydrogens (tertiary/aromatic N) is 3. The lowest BCUT2D eigenvalue weighted by Crippen LogP contribution is -2.39. The van der Waals surface area contributed by atoms with Gasteiger partial charge in [-0.1, -0.05) is 0 Å². The normalized spacial score (nSPS) is 21.0. The van der Waals surface area contributed by atoms with Crippen LogP contribution in [0.1, 0.15) is 17.3 Å². The summed E-state index contributed by atoms with van der Waals surface area (Å²) in [4.78, 5) is 6.46. The second kappa shape index (κ2) is 5.29. The van der Waals surface area contributed by atoms with Crippen LogP contribution in [0.3, 0.4) is 0 Å². The summed E-state index contributed by atoms with van der Waals surface area (Å²) >= 11 is 0. The topological polar surface area (TPSA) is 54.0 Å². The van der Waals surface area contributed by atoms with Crippen LogP contribution in [0.5, 0.6) is 0 Å². The Hall–Kier alpha value is -1.72. The molecule has 1 fully saturated rings. The van der Waals surface area contributed by atoms with Crippen LogP contribution in [0.4, 0.5) is 0 Å². The summed E-state index contributed by atoms with van der Waals surface area (Å²) in [6.45, 7) is 3.35. The zero-order valence-corrected chi connectivity index (χ0v) is 10.1. The standard InChI is InChI=1S/C13H16N4O/c1-4-14-5-2-11(1)9-17-7-8-18-10-13(17)12-3-6-15-16-12/h1-6,13H,7-10H2,(H,15,16)/t13-/m1/s1. The third kappa shape index (κ3) is 2.42. The molecule has 3 rings (SSSR count). The van der Waals surface area contributed by atoms with E-state index in [-0.39, 0.29) is 6.04 Å². The van der Waals surface area contributed by atoms with E-state index in [9.17, 15) is 0 Å². The first-order valence-electron chi connectivity index (χ1n) is 6.13. The minimum atomic E-state index is 0.259. The zero-order chi connectivity index (χ0) is 12.2. The fourth-order valence-electron chi connectivity index (χ4n) is 2.29. The van der Waals surface area contributed by atoms with Crippen molar-refractivity contribution in [3.05, 3.63) is 48.0 Å². The Kier molecular flexibility index (Phi) is 3.34. The Balaban J connectivity index is 1.76. The van der Waals surface area contributed by atoms with Crippen molar-refractivity contribution in [3.8, 4) is 0 Å². The summed E-state index contributed by atoms with van der Waals surface area (Å²) in [7, 11) is 0. The Morgan fingerprint density at radius 3 is 2.94 bits per heavy atom. The van der Waals surface area contributed by atoms with Crippen molar-refractivity contribution in [2.45, 2.75) is 12.6 Å². The molecule has 5 heteroatoms. The molecule has 5 nitrogen and oxygen atoms in total. The molecule has 0 aromatic carbocycles. The van der Waals surface area contributed by atoms with Gasteiger partial charge < -0.3 is 4.74 Å². The van der Waals surface area contributed by atoms with Gasteiger partial charge >= 0.3 is 0 Å². The molecule has 0 aliphatic carbocycles. The predicted octanol–water partition coefficient (Wildman–Crippen LogP) is 1.38. The SMILES string of the molecule is c1cc(CN2CCOC[C@@H]2c2ccn[nH]2)ccn1. The molecule has 1 atom stereocenters. The van der Waals surface area contributed by atoms with E-state index in [1.165, 1.54) is 5.56 Å². The van der Waals surface area contributed by atoms with Gasteiger partial charge in [0.2, 0.25) is 0 Å². The number of nitrogens with one attached hydrogen (secondary N) is 1. The van der Waals surface area contributed by atoms with Crippen LogP contribution in [0.25, 0.3) is 0 Å². The quantitative estimate of drug-likeness (QED) is 0.886. The van der Waals surface area contributed by atoms with Gasteiger partial charge in [-0.2, -0.15) is 5.10 Å². The third-order valence-corrected chi connectivity index (χ3v) is 3.26. The van der Waals surface area contributed by atoms with E-state index in [0.717, 1.165) is 25.4 Å². The molecule has 3 heterocycles. The Morgan fingerprint density at radius 2 is 2.17 bits per heavy atom. The first-order chi connectivity index (χ1) is 8.93. The molecule has 1 saturated heterocycles.